The lowest BCUT2D eigenvalue weighted by atomic mass is 10.1. The van der Waals surface area contributed by atoms with Gasteiger partial charge in [-0.25, -0.2) is 4.79 Å². The summed E-state index contributed by atoms with van der Waals surface area (Å²) in [5, 5.41) is 8.52. The Morgan fingerprint density at radius 1 is 1.00 bits per heavy atom. The first-order valence-electron chi connectivity index (χ1n) is 9.26. The van der Waals surface area contributed by atoms with Crippen molar-refractivity contribution >= 4 is 17.6 Å². The van der Waals surface area contributed by atoms with Gasteiger partial charge in [0, 0.05) is 25.4 Å². The Balaban J connectivity index is 1.41. The third-order valence-corrected chi connectivity index (χ3v) is 4.59. The Bertz CT molecular complexity index is 784. The second-order valence-electron chi connectivity index (χ2n) is 6.63. The van der Waals surface area contributed by atoms with Crippen LogP contribution in [0.25, 0.3) is 0 Å². The predicted octanol–water partition coefficient (Wildman–Crippen LogP) is 2.67. The van der Waals surface area contributed by atoms with Crippen molar-refractivity contribution < 1.29 is 19.1 Å². The molecule has 0 bridgehead atoms. The van der Waals surface area contributed by atoms with Crippen LogP contribution in [0.3, 0.4) is 0 Å². The summed E-state index contributed by atoms with van der Waals surface area (Å²) in [6, 6.07) is 14.6. The van der Waals surface area contributed by atoms with E-state index in [1.165, 1.54) is 0 Å². The molecule has 1 aliphatic heterocycles. The van der Waals surface area contributed by atoms with Crippen molar-refractivity contribution in [3.63, 3.8) is 0 Å². The molecule has 0 radical (unpaired) electrons. The van der Waals surface area contributed by atoms with Crippen LogP contribution >= 0.6 is 0 Å². The van der Waals surface area contributed by atoms with Gasteiger partial charge in [0.1, 0.15) is 5.75 Å². The highest BCUT2D eigenvalue weighted by Crippen LogP contribution is 2.14. The molecule has 0 spiro atoms. The van der Waals surface area contributed by atoms with Gasteiger partial charge in [-0.15, -0.1) is 0 Å². The van der Waals surface area contributed by atoms with E-state index in [2.05, 4.69) is 16.0 Å². The minimum absolute atomic E-state index is 0.0256. The van der Waals surface area contributed by atoms with Crippen LogP contribution in [0, 0.1) is 5.92 Å². The summed E-state index contributed by atoms with van der Waals surface area (Å²) < 4.78 is 10.3. The maximum absolute atomic E-state index is 12.0. The number of methoxy groups -OCH3 is 1. The van der Waals surface area contributed by atoms with Gasteiger partial charge in [0.15, 0.2) is 0 Å². The normalized spacial score (nSPS) is 15.7. The zero-order valence-electron chi connectivity index (χ0n) is 15.9. The molecular formula is C21H25N3O4. The fourth-order valence-electron chi connectivity index (χ4n) is 2.88. The molecule has 2 aromatic rings. The Hall–Kier alpha value is -3.06. The number of ether oxygens (including phenoxy) is 2. The first-order valence-corrected chi connectivity index (χ1v) is 9.26. The van der Waals surface area contributed by atoms with Crippen molar-refractivity contribution in [2.75, 3.05) is 25.6 Å². The van der Waals surface area contributed by atoms with Crippen LogP contribution < -0.4 is 20.7 Å². The van der Waals surface area contributed by atoms with Gasteiger partial charge < -0.3 is 25.4 Å². The highest BCUT2D eigenvalue weighted by atomic mass is 16.5. The Kier molecular flexibility index (Phi) is 6.86. The minimum atomic E-state index is -0.280. The van der Waals surface area contributed by atoms with Gasteiger partial charge in [0.25, 0.3) is 0 Å². The van der Waals surface area contributed by atoms with E-state index in [4.69, 9.17) is 9.47 Å². The molecule has 0 saturated carbocycles. The molecule has 0 unspecified atom stereocenters. The van der Waals surface area contributed by atoms with Crippen molar-refractivity contribution in [3.8, 4) is 5.75 Å². The molecule has 3 N–H and O–H groups in total. The Morgan fingerprint density at radius 2 is 1.64 bits per heavy atom. The number of anilines is 1. The number of hydrogen-bond donors (Lipinski definition) is 3. The van der Waals surface area contributed by atoms with Gasteiger partial charge in [-0.05, 0) is 41.8 Å². The van der Waals surface area contributed by atoms with Crippen LogP contribution in [0.4, 0.5) is 10.5 Å². The number of carbonyl (C=O) groups excluding carboxylic acids is 2. The van der Waals surface area contributed by atoms with Crippen LogP contribution in [0.15, 0.2) is 48.5 Å². The van der Waals surface area contributed by atoms with Gasteiger partial charge in [-0.3, -0.25) is 4.79 Å². The highest BCUT2D eigenvalue weighted by molar-refractivity contribution is 5.89. The molecule has 7 heteroatoms. The van der Waals surface area contributed by atoms with Crippen LogP contribution in [0.5, 0.6) is 5.75 Å². The molecule has 0 aromatic heterocycles. The second-order valence-corrected chi connectivity index (χ2v) is 6.63. The van der Waals surface area contributed by atoms with Crippen LogP contribution in [-0.2, 0) is 22.6 Å². The lowest BCUT2D eigenvalue weighted by Gasteiger charge is -2.11. The first-order chi connectivity index (χ1) is 13.6. The molecule has 3 amide bonds. The lowest BCUT2D eigenvalue weighted by Crippen LogP contribution is -2.30. The summed E-state index contributed by atoms with van der Waals surface area (Å²) in [7, 11) is 1.62. The van der Waals surface area contributed by atoms with E-state index in [9.17, 15) is 9.59 Å². The Morgan fingerprint density at radius 3 is 2.25 bits per heavy atom. The summed E-state index contributed by atoms with van der Waals surface area (Å²) in [5.41, 5.74) is 2.64. The number of carbonyl (C=O) groups is 2. The average Bonchev–Trinajstić information content (AvgIpc) is 3.27. The smallest absolute Gasteiger partial charge is 0.319 e. The third-order valence-electron chi connectivity index (χ3n) is 4.59. The molecule has 2 aromatic carbocycles. The van der Waals surface area contributed by atoms with E-state index in [1.54, 1.807) is 7.11 Å². The largest absolute Gasteiger partial charge is 0.497 e. The van der Waals surface area contributed by atoms with Gasteiger partial charge in [0.05, 0.1) is 19.6 Å². The molecule has 1 heterocycles. The summed E-state index contributed by atoms with van der Waals surface area (Å²) >= 11 is 0. The van der Waals surface area contributed by atoms with Gasteiger partial charge in [-0.1, -0.05) is 24.3 Å². The molecule has 1 atom stereocenters. The number of hydrogen-bond acceptors (Lipinski definition) is 4. The average molecular weight is 383 g/mol. The maximum atomic E-state index is 12.0. The maximum Gasteiger partial charge on any atom is 0.319 e. The number of benzene rings is 2. The second kappa shape index (κ2) is 9.75. The molecule has 3 rings (SSSR count). The predicted molar refractivity (Wildman–Crippen MR) is 106 cm³/mol. The first kappa shape index (κ1) is 19.7. The van der Waals surface area contributed by atoms with Crippen molar-refractivity contribution in [1.29, 1.82) is 0 Å². The molecule has 1 saturated heterocycles. The summed E-state index contributed by atoms with van der Waals surface area (Å²) in [5.74, 6) is 0.758. The van der Waals surface area contributed by atoms with Gasteiger partial charge in [0.2, 0.25) is 5.91 Å². The van der Waals surface area contributed by atoms with E-state index in [1.807, 2.05) is 48.5 Å². The molecule has 28 heavy (non-hydrogen) atoms. The molecule has 1 aliphatic rings. The van der Waals surface area contributed by atoms with Crippen LogP contribution in [-0.4, -0.2) is 32.3 Å². The lowest BCUT2D eigenvalue weighted by molar-refractivity contribution is -0.125. The van der Waals surface area contributed by atoms with Gasteiger partial charge in [-0.2, -0.15) is 0 Å². The van der Waals surface area contributed by atoms with Crippen molar-refractivity contribution in [2.45, 2.75) is 19.5 Å². The summed E-state index contributed by atoms with van der Waals surface area (Å²) in [6.07, 6.45) is 0.778. The topological polar surface area (TPSA) is 88.7 Å². The number of amides is 3. The van der Waals surface area contributed by atoms with E-state index in [0.717, 1.165) is 23.3 Å². The van der Waals surface area contributed by atoms with Crippen LogP contribution in [0.1, 0.15) is 17.5 Å². The summed E-state index contributed by atoms with van der Waals surface area (Å²) in [6.45, 7) is 2.03. The zero-order valence-corrected chi connectivity index (χ0v) is 15.9. The standard InChI is InChI=1S/C21H25N3O4/c1-27-19-8-4-16(5-9-19)13-23-21(26)24-18-6-2-15(3-7-18)12-22-20(25)17-10-11-28-14-17/h2-9,17H,10-14H2,1H3,(H,22,25)(H2,23,24,26)/t17-/m1/s1. The number of rotatable bonds is 7. The van der Waals surface area contributed by atoms with E-state index >= 15 is 0 Å². The molecule has 148 valence electrons. The molecular weight excluding hydrogens is 358 g/mol. The third kappa shape index (κ3) is 5.72. The summed E-state index contributed by atoms with van der Waals surface area (Å²) in [4.78, 5) is 24.0. The quantitative estimate of drug-likeness (QED) is 0.686. The highest BCUT2D eigenvalue weighted by Gasteiger charge is 2.22. The molecule has 0 aliphatic carbocycles. The number of urea groups is 1. The molecule has 1 fully saturated rings. The Labute approximate surface area is 164 Å². The van der Waals surface area contributed by atoms with E-state index in [-0.39, 0.29) is 17.9 Å². The van der Waals surface area contributed by atoms with E-state index in [0.29, 0.717) is 32.0 Å². The van der Waals surface area contributed by atoms with E-state index < -0.39 is 0 Å². The zero-order chi connectivity index (χ0) is 19.8. The monoisotopic (exact) mass is 383 g/mol. The number of nitrogens with one attached hydrogen (secondary N) is 3. The van der Waals surface area contributed by atoms with Crippen LogP contribution in [0.2, 0.25) is 0 Å². The fourth-order valence-corrected chi connectivity index (χ4v) is 2.88. The van der Waals surface area contributed by atoms with Crippen molar-refractivity contribution in [3.05, 3.63) is 59.7 Å². The van der Waals surface area contributed by atoms with Gasteiger partial charge >= 0.3 is 6.03 Å². The molecule has 7 nitrogen and oxygen atoms in total. The SMILES string of the molecule is COc1ccc(CNC(=O)Nc2ccc(CNC(=O)[C@@H]3CCOC3)cc2)cc1. The van der Waals surface area contributed by atoms with Crippen molar-refractivity contribution in [2.24, 2.45) is 5.92 Å². The fraction of sp³-hybridized carbons (Fsp3) is 0.333. The van der Waals surface area contributed by atoms with Crippen molar-refractivity contribution in [1.82, 2.24) is 10.6 Å². The minimum Gasteiger partial charge on any atom is -0.497 e.